The summed E-state index contributed by atoms with van der Waals surface area (Å²) in [6, 6.07) is 1.64. The van der Waals surface area contributed by atoms with E-state index in [1.54, 1.807) is 24.2 Å². The third kappa shape index (κ3) is 5.73. The summed E-state index contributed by atoms with van der Waals surface area (Å²) in [5.41, 5.74) is 0.102. The smallest absolute Gasteiger partial charge is 0.410 e. The molecule has 2 aliphatic rings. The fourth-order valence-corrected chi connectivity index (χ4v) is 3.91. The van der Waals surface area contributed by atoms with E-state index in [1.165, 1.54) is 4.68 Å². The van der Waals surface area contributed by atoms with Gasteiger partial charge in [-0.25, -0.2) is 9.48 Å². The Morgan fingerprint density at radius 3 is 2.50 bits per heavy atom. The van der Waals surface area contributed by atoms with Crippen LogP contribution in [-0.4, -0.2) is 64.5 Å². The SMILES string of the molecule is Cn1ncc(N2CCCC(C(=O)NC3CCN(C(=O)OC(C)(C)C)CC3)C2)cc1=O. The third-order valence-corrected chi connectivity index (χ3v) is 5.60. The summed E-state index contributed by atoms with van der Waals surface area (Å²) < 4.78 is 6.72. The van der Waals surface area contributed by atoms with Crippen LogP contribution in [0.1, 0.15) is 46.5 Å². The standard InChI is InChI=1S/C21H33N5O4/c1-21(2,3)30-20(29)25-10-7-16(8-11-25)23-19(28)15-6-5-9-26(14-15)17-12-18(27)24(4)22-13-17/h12-13,15-16H,5-11,14H2,1-4H3,(H,23,28). The van der Waals surface area contributed by atoms with Gasteiger partial charge in [-0.05, 0) is 46.5 Å². The average Bonchev–Trinajstić information content (AvgIpc) is 2.69. The molecule has 9 nitrogen and oxygen atoms in total. The first kappa shape index (κ1) is 22.1. The van der Waals surface area contributed by atoms with E-state index in [0.29, 0.717) is 19.6 Å². The molecular weight excluding hydrogens is 386 g/mol. The van der Waals surface area contributed by atoms with Crippen molar-refractivity contribution in [3.63, 3.8) is 0 Å². The van der Waals surface area contributed by atoms with Crippen LogP contribution in [0, 0.1) is 5.92 Å². The van der Waals surface area contributed by atoms with Crippen LogP contribution in [0.4, 0.5) is 10.5 Å². The van der Waals surface area contributed by atoms with Crippen LogP contribution >= 0.6 is 0 Å². The minimum Gasteiger partial charge on any atom is -0.444 e. The van der Waals surface area contributed by atoms with Crippen molar-refractivity contribution < 1.29 is 14.3 Å². The molecule has 1 atom stereocenters. The normalized spacial score (nSPS) is 20.7. The molecule has 2 aliphatic heterocycles. The van der Waals surface area contributed by atoms with E-state index in [9.17, 15) is 14.4 Å². The van der Waals surface area contributed by atoms with E-state index < -0.39 is 5.60 Å². The first-order valence-electron chi connectivity index (χ1n) is 10.7. The molecule has 1 N–H and O–H groups in total. The van der Waals surface area contributed by atoms with Gasteiger partial charge < -0.3 is 19.9 Å². The molecule has 2 amide bonds. The van der Waals surface area contributed by atoms with Crippen LogP contribution in [0.3, 0.4) is 0 Å². The molecule has 0 aliphatic carbocycles. The highest BCUT2D eigenvalue weighted by molar-refractivity contribution is 5.80. The van der Waals surface area contributed by atoms with E-state index in [1.807, 2.05) is 20.8 Å². The fraction of sp³-hybridized carbons (Fsp3) is 0.714. The lowest BCUT2D eigenvalue weighted by Gasteiger charge is -2.36. The number of nitrogens with zero attached hydrogens (tertiary/aromatic N) is 4. The van der Waals surface area contributed by atoms with Crippen molar-refractivity contribution in [3.05, 3.63) is 22.6 Å². The predicted octanol–water partition coefficient (Wildman–Crippen LogP) is 1.51. The number of amides is 2. The summed E-state index contributed by atoms with van der Waals surface area (Å²) >= 11 is 0. The van der Waals surface area contributed by atoms with Gasteiger partial charge in [0.05, 0.1) is 17.8 Å². The lowest BCUT2D eigenvalue weighted by molar-refractivity contribution is -0.126. The summed E-state index contributed by atoms with van der Waals surface area (Å²) in [4.78, 5) is 40.7. The number of rotatable bonds is 3. The molecule has 3 rings (SSSR count). The van der Waals surface area contributed by atoms with Crippen molar-refractivity contribution in [2.75, 3.05) is 31.1 Å². The van der Waals surface area contributed by atoms with Gasteiger partial charge in [-0.15, -0.1) is 0 Å². The molecule has 2 saturated heterocycles. The van der Waals surface area contributed by atoms with Crippen LogP contribution in [0.25, 0.3) is 0 Å². The number of nitrogens with one attached hydrogen (secondary N) is 1. The second kappa shape index (κ2) is 9.06. The lowest BCUT2D eigenvalue weighted by Crippen LogP contribution is -2.50. The molecule has 166 valence electrons. The summed E-state index contributed by atoms with van der Waals surface area (Å²) in [5, 5.41) is 7.24. The Labute approximate surface area is 177 Å². The maximum Gasteiger partial charge on any atom is 0.410 e. The zero-order valence-corrected chi connectivity index (χ0v) is 18.4. The summed E-state index contributed by atoms with van der Waals surface area (Å²) in [5.74, 6) is -0.0705. The number of likely N-dealkylation sites (tertiary alicyclic amines) is 1. The highest BCUT2D eigenvalue weighted by Crippen LogP contribution is 2.23. The number of carbonyl (C=O) groups excluding carboxylic acids is 2. The quantitative estimate of drug-likeness (QED) is 0.798. The van der Waals surface area contributed by atoms with Gasteiger partial charge in [0, 0.05) is 45.3 Å². The zero-order chi connectivity index (χ0) is 21.9. The van der Waals surface area contributed by atoms with Gasteiger partial charge in [-0.1, -0.05) is 0 Å². The second-order valence-electron chi connectivity index (χ2n) is 9.21. The Morgan fingerprint density at radius 2 is 1.87 bits per heavy atom. The van der Waals surface area contributed by atoms with E-state index in [0.717, 1.165) is 37.9 Å². The molecule has 0 radical (unpaired) electrons. The first-order valence-corrected chi connectivity index (χ1v) is 10.7. The van der Waals surface area contributed by atoms with Gasteiger partial charge in [0.2, 0.25) is 5.91 Å². The molecule has 3 heterocycles. The van der Waals surface area contributed by atoms with E-state index in [4.69, 9.17) is 4.74 Å². The topological polar surface area (TPSA) is 96.8 Å². The highest BCUT2D eigenvalue weighted by Gasteiger charge is 2.31. The molecule has 9 heteroatoms. The van der Waals surface area contributed by atoms with Crippen molar-refractivity contribution in [1.29, 1.82) is 0 Å². The van der Waals surface area contributed by atoms with Gasteiger partial charge in [0.25, 0.3) is 5.56 Å². The first-order chi connectivity index (χ1) is 14.1. The lowest BCUT2D eigenvalue weighted by atomic mass is 9.95. The maximum atomic E-state index is 12.8. The number of anilines is 1. The average molecular weight is 420 g/mol. The van der Waals surface area contributed by atoms with Crippen molar-refractivity contribution >= 4 is 17.7 Å². The number of piperidine rings is 2. The van der Waals surface area contributed by atoms with Gasteiger partial charge in [-0.3, -0.25) is 9.59 Å². The second-order valence-corrected chi connectivity index (χ2v) is 9.21. The Hall–Kier alpha value is -2.58. The molecule has 30 heavy (non-hydrogen) atoms. The Bertz CT molecular complexity index is 823. The van der Waals surface area contributed by atoms with Crippen LogP contribution in [0.5, 0.6) is 0 Å². The number of ether oxygens (including phenoxy) is 1. The summed E-state index contributed by atoms with van der Waals surface area (Å²) in [6.07, 6.45) is 4.55. The molecular formula is C21H33N5O4. The molecule has 0 bridgehead atoms. The third-order valence-electron chi connectivity index (χ3n) is 5.60. The Balaban J connectivity index is 1.49. The number of hydrogen-bond acceptors (Lipinski definition) is 6. The molecule has 0 saturated carbocycles. The van der Waals surface area contributed by atoms with Gasteiger partial charge in [0.15, 0.2) is 0 Å². The number of carbonyl (C=O) groups is 2. The molecule has 1 aromatic rings. The molecule has 2 fully saturated rings. The van der Waals surface area contributed by atoms with Crippen molar-refractivity contribution in [1.82, 2.24) is 20.0 Å². The molecule has 1 aromatic heterocycles. The van der Waals surface area contributed by atoms with Crippen LogP contribution < -0.4 is 15.8 Å². The van der Waals surface area contributed by atoms with Crippen LogP contribution in [-0.2, 0) is 16.6 Å². The Morgan fingerprint density at radius 1 is 1.17 bits per heavy atom. The zero-order valence-electron chi connectivity index (χ0n) is 18.4. The number of aromatic nitrogens is 2. The molecule has 0 spiro atoms. The van der Waals surface area contributed by atoms with Gasteiger partial charge in [0.1, 0.15) is 5.60 Å². The minimum absolute atomic E-state index is 0.0483. The minimum atomic E-state index is -0.506. The largest absolute Gasteiger partial charge is 0.444 e. The highest BCUT2D eigenvalue weighted by atomic mass is 16.6. The van der Waals surface area contributed by atoms with Gasteiger partial charge in [-0.2, -0.15) is 5.10 Å². The van der Waals surface area contributed by atoms with E-state index in [-0.39, 0.29) is 29.5 Å². The Kier molecular flexibility index (Phi) is 6.67. The van der Waals surface area contributed by atoms with Gasteiger partial charge >= 0.3 is 6.09 Å². The summed E-state index contributed by atoms with van der Waals surface area (Å²) in [6.45, 7) is 8.12. The molecule has 1 unspecified atom stereocenters. The van der Waals surface area contributed by atoms with Crippen molar-refractivity contribution in [3.8, 4) is 0 Å². The fourth-order valence-electron chi connectivity index (χ4n) is 3.91. The maximum absolute atomic E-state index is 12.8. The number of aryl methyl sites for hydroxylation is 1. The molecule has 0 aromatic carbocycles. The van der Waals surface area contributed by atoms with Crippen molar-refractivity contribution in [2.24, 2.45) is 13.0 Å². The predicted molar refractivity (Wildman–Crippen MR) is 113 cm³/mol. The monoisotopic (exact) mass is 419 g/mol. The summed E-state index contributed by atoms with van der Waals surface area (Å²) in [7, 11) is 1.62. The van der Waals surface area contributed by atoms with Crippen molar-refractivity contribution in [2.45, 2.75) is 58.1 Å². The van der Waals surface area contributed by atoms with Crippen LogP contribution in [0.15, 0.2) is 17.1 Å². The van der Waals surface area contributed by atoms with E-state index in [2.05, 4.69) is 15.3 Å². The van der Waals surface area contributed by atoms with Crippen LogP contribution in [0.2, 0.25) is 0 Å². The number of hydrogen-bond donors (Lipinski definition) is 1. The van der Waals surface area contributed by atoms with E-state index >= 15 is 0 Å².